The topological polar surface area (TPSA) is 105 Å². The van der Waals surface area contributed by atoms with E-state index in [0.717, 1.165) is 5.56 Å². The lowest BCUT2D eigenvalue weighted by Crippen LogP contribution is -2.11. The monoisotopic (exact) mass is 462 g/mol. The van der Waals surface area contributed by atoms with E-state index >= 15 is 0 Å². The molecule has 0 aliphatic carbocycles. The highest BCUT2D eigenvalue weighted by Crippen LogP contribution is 2.31. The molecule has 4 aromatic rings. The van der Waals surface area contributed by atoms with Crippen LogP contribution in [0.3, 0.4) is 0 Å². The standard InChI is InChI=1S/C19H16Cl2N6O2S/c1-2-28-15-6-4-3-5-13(15)17-23-16(29-26-17)10-30-19-25-24-18(27(19)22)12-8-7-11(20)9-14(12)21/h3-9H,2,10,22H2,1H3. The zero-order valence-electron chi connectivity index (χ0n) is 15.7. The molecule has 0 radical (unpaired) electrons. The van der Waals surface area contributed by atoms with Gasteiger partial charge >= 0.3 is 0 Å². The average Bonchev–Trinajstić information content (AvgIpc) is 3.34. The van der Waals surface area contributed by atoms with Gasteiger partial charge in [0.05, 0.1) is 22.9 Å². The van der Waals surface area contributed by atoms with Crippen molar-refractivity contribution in [2.45, 2.75) is 17.8 Å². The Morgan fingerprint density at radius 2 is 1.97 bits per heavy atom. The van der Waals surface area contributed by atoms with Crippen LogP contribution in [0, 0.1) is 0 Å². The maximum absolute atomic E-state index is 6.24. The van der Waals surface area contributed by atoms with Crippen molar-refractivity contribution >= 4 is 35.0 Å². The van der Waals surface area contributed by atoms with E-state index in [1.54, 1.807) is 18.2 Å². The third kappa shape index (κ3) is 4.23. The minimum Gasteiger partial charge on any atom is -0.493 e. The van der Waals surface area contributed by atoms with Crippen molar-refractivity contribution in [3.63, 3.8) is 0 Å². The van der Waals surface area contributed by atoms with Crippen LogP contribution >= 0.6 is 35.0 Å². The molecule has 2 aromatic carbocycles. The van der Waals surface area contributed by atoms with Crippen LogP contribution in [0.25, 0.3) is 22.8 Å². The van der Waals surface area contributed by atoms with E-state index in [0.29, 0.717) is 56.4 Å². The molecule has 8 nitrogen and oxygen atoms in total. The molecular weight excluding hydrogens is 447 g/mol. The number of halogens is 2. The molecule has 0 fully saturated rings. The van der Waals surface area contributed by atoms with Crippen LogP contribution in [0.4, 0.5) is 0 Å². The number of rotatable bonds is 7. The van der Waals surface area contributed by atoms with E-state index in [1.165, 1.54) is 16.4 Å². The first kappa shape index (κ1) is 20.5. The SMILES string of the molecule is CCOc1ccccc1-c1noc(CSc2nnc(-c3ccc(Cl)cc3Cl)n2N)n1. The third-order valence-electron chi connectivity index (χ3n) is 4.06. The number of nitrogens with zero attached hydrogens (tertiary/aromatic N) is 5. The van der Waals surface area contributed by atoms with Crippen molar-refractivity contribution in [3.05, 3.63) is 58.4 Å². The van der Waals surface area contributed by atoms with Gasteiger partial charge in [0.1, 0.15) is 5.75 Å². The maximum atomic E-state index is 6.24. The number of hydrogen-bond donors (Lipinski definition) is 1. The van der Waals surface area contributed by atoms with E-state index in [1.807, 2.05) is 31.2 Å². The average molecular weight is 463 g/mol. The summed E-state index contributed by atoms with van der Waals surface area (Å²) in [6.45, 7) is 2.47. The van der Waals surface area contributed by atoms with Crippen molar-refractivity contribution in [2.75, 3.05) is 12.4 Å². The number of aromatic nitrogens is 5. The summed E-state index contributed by atoms with van der Waals surface area (Å²) in [4.78, 5) is 4.44. The Morgan fingerprint density at radius 3 is 2.77 bits per heavy atom. The first-order valence-corrected chi connectivity index (χ1v) is 10.6. The van der Waals surface area contributed by atoms with Gasteiger partial charge < -0.3 is 15.1 Å². The summed E-state index contributed by atoms with van der Waals surface area (Å²) in [5.41, 5.74) is 1.40. The molecule has 4 rings (SSSR count). The van der Waals surface area contributed by atoms with E-state index in [9.17, 15) is 0 Å². The van der Waals surface area contributed by atoms with Gasteiger partial charge in [0.15, 0.2) is 5.82 Å². The molecule has 2 N–H and O–H groups in total. The summed E-state index contributed by atoms with van der Waals surface area (Å²) in [7, 11) is 0. The Bertz CT molecular complexity index is 1180. The van der Waals surface area contributed by atoms with Crippen LogP contribution in [0.15, 0.2) is 52.1 Å². The number of para-hydroxylation sites is 1. The second-order valence-corrected chi connectivity index (χ2v) is 7.82. The van der Waals surface area contributed by atoms with Gasteiger partial charge in [-0.3, -0.25) is 0 Å². The van der Waals surface area contributed by atoms with Gasteiger partial charge in [0.25, 0.3) is 0 Å². The number of nitrogen functional groups attached to an aromatic ring is 1. The third-order valence-corrected chi connectivity index (χ3v) is 5.53. The fraction of sp³-hybridized carbons (Fsp3) is 0.158. The molecule has 0 saturated carbocycles. The largest absolute Gasteiger partial charge is 0.493 e. The molecule has 154 valence electrons. The molecule has 0 aliphatic heterocycles. The molecule has 0 aliphatic rings. The number of thioether (sulfide) groups is 1. The molecular formula is C19H16Cl2N6O2S. The van der Waals surface area contributed by atoms with Crippen molar-refractivity contribution < 1.29 is 9.26 Å². The normalized spacial score (nSPS) is 11.0. The van der Waals surface area contributed by atoms with Gasteiger partial charge in [-0.15, -0.1) is 10.2 Å². The van der Waals surface area contributed by atoms with Crippen molar-refractivity contribution in [1.82, 2.24) is 25.0 Å². The van der Waals surface area contributed by atoms with Gasteiger partial charge in [0.2, 0.25) is 16.9 Å². The van der Waals surface area contributed by atoms with Gasteiger partial charge in [-0.1, -0.05) is 52.3 Å². The summed E-state index contributed by atoms with van der Waals surface area (Å²) in [5.74, 6) is 8.53. The second kappa shape index (κ2) is 8.95. The van der Waals surface area contributed by atoms with E-state index in [4.69, 9.17) is 38.3 Å². The van der Waals surface area contributed by atoms with Gasteiger partial charge in [-0.25, -0.2) is 4.68 Å². The lowest BCUT2D eigenvalue weighted by atomic mass is 10.2. The first-order chi connectivity index (χ1) is 14.6. The predicted octanol–water partition coefficient (Wildman–Crippen LogP) is 4.71. The quantitative estimate of drug-likeness (QED) is 0.311. The van der Waals surface area contributed by atoms with Gasteiger partial charge in [0, 0.05) is 10.6 Å². The van der Waals surface area contributed by atoms with Crippen LogP contribution in [-0.4, -0.2) is 31.6 Å². The summed E-state index contributed by atoms with van der Waals surface area (Å²) >= 11 is 13.5. The molecule has 0 saturated heterocycles. The molecule has 30 heavy (non-hydrogen) atoms. The molecule has 0 bridgehead atoms. The van der Waals surface area contributed by atoms with Crippen LogP contribution in [0.5, 0.6) is 5.75 Å². The van der Waals surface area contributed by atoms with Crippen LogP contribution in [-0.2, 0) is 5.75 Å². The van der Waals surface area contributed by atoms with Crippen LogP contribution in [0.1, 0.15) is 12.8 Å². The van der Waals surface area contributed by atoms with Gasteiger partial charge in [-0.2, -0.15) is 4.98 Å². The Balaban J connectivity index is 1.50. The van der Waals surface area contributed by atoms with Crippen LogP contribution in [0.2, 0.25) is 10.0 Å². The molecule has 0 spiro atoms. The number of ether oxygens (including phenoxy) is 1. The number of benzene rings is 2. The highest BCUT2D eigenvalue weighted by atomic mass is 35.5. The second-order valence-electron chi connectivity index (χ2n) is 6.03. The smallest absolute Gasteiger partial charge is 0.237 e. The zero-order valence-corrected chi connectivity index (χ0v) is 18.1. The Labute approximate surface area is 186 Å². The Hall–Kier alpha value is -2.75. The predicted molar refractivity (Wildman–Crippen MR) is 116 cm³/mol. The fourth-order valence-electron chi connectivity index (χ4n) is 2.71. The van der Waals surface area contributed by atoms with Gasteiger partial charge in [-0.05, 0) is 37.3 Å². The Kier molecular flexibility index (Phi) is 6.12. The maximum Gasteiger partial charge on any atom is 0.237 e. The molecule has 0 unspecified atom stereocenters. The highest BCUT2D eigenvalue weighted by Gasteiger charge is 2.17. The highest BCUT2D eigenvalue weighted by molar-refractivity contribution is 7.98. The molecule has 2 heterocycles. The number of nitrogens with two attached hydrogens (primary N) is 1. The molecule has 0 amide bonds. The lowest BCUT2D eigenvalue weighted by molar-refractivity contribution is 0.341. The summed E-state index contributed by atoms with van der Waals surface area (Å²) in [6, 6.07) is 12.6. The van der Waals surface area contributed by atoms with Crippen molar-refractivity contribution in [3.8, 4) is 28.5 Å². The van der Waals surface area contributed by atoms with E-state index in [-0.39, 0.29) is 0 Å². The first-order valence-electron chi connectivity index (χ1n) is 8.90. The summed E-state index contributed by atoms with van der Waals surface area (Å²) < 4.78 is 12.4. The van der Waals surface area contributed by atoms with E-state index in [2.05, 4.69) is 20.3 Å². The van der Waals surface area contributed by atoms with Crippen molar-refractivity contribution in [1.29, 1.82) is 0 Å². The summed E-state index contributed by atoms with van der Waals surface area (Å²) in [5, 5.41) is 13.7. The zero-order chi connectivity index (χ0) is 21.1. The van der Waals surface area contributed by atoms with E-state index < -0.39 is 0 Å². The lowest BCUT2D eigenvalue weighted by Gasteiger charge is -2.06. The fourth-order valence-corrected chi connectivity index (χ4v) is 3.90. The Morgan fingerprint density at radius 1 is 1.13 bits per heavy atom. The molecule has 11 heteroatoms. The minimum absolute atomic E-state index is 0.369. The molecule has 0 atom stereocenters. The molecule has 2 aromatic heterocycles. The van der Waals surface area contributed by atoms with Crippen molar-refractivity contribution in [2.24, 2.45) is 0 Å². The van der Waals surface area contributed by atoms with Crippen LogP contribution < -0.4 is 10.6 Å². The minimum atomic E-state index is 0.369. The summed E-state index contributed by atoms with van der Waals surface area (Å²) in [6.07, 6.45) is 0. The number of hydrogen-bond acceptors (Lipinski definition) is 8.